The third-order valence-corrected chi connectivity index (χ3v) is 2.79. The van der Waals surface area contributed by atoms with E-state index in [0.29, 0.717) is 11.3 Å². The Morgan fingerprint density at radius 2 is 1.82 bits per heavy atom. The van der Waals surface area contributed by atoms with E-state index in [1.165, 1.54) is 0 Å². The van der Waals surface area contributed by atoms with Crippen LogP contribution in [0.3, 0.4) is 0 Å². The summed E-state index contributed by atoms with van der Waals surface area (Å²) in [5.41, 5.74) is 1.41. The first kappa shape index (κ1) is 17.8. The highest BCUT2D eigenvalue weighted by molar-refractivity contribution is 5.86. The first-order chi connectivity index (χ1) is 10.4. The van der Waals surface area contributed by atoms with E-state index in [1.807, 2.05) is 31.2 Å². The SMILES string of the molecule is C=C(C)C(=O)OCC(COc1ccc(C)cc1)OC(=O)CC. The molecule has 0 aliphatic carbocycles. The van der Waals surface area contributed by atoms with Crippen molar-refractivity contribution in [1.82, 2.24) is 0 Å². The maximum absolute atomic E-state index is 11.4. The standard InChI is InChI=1S/C17H22O5/c1-5-16(18)22-15(11-21-17(19)12(2)3)10-20-14-8-6-13(4)7-9-14/h6-9,15H,2,5,10-11H2,1,3-4H3. The van der Waals surface area contributed by atoms with Gasteiger partial charge in [-0.05, 0) is 26.0 Å². The molecule has 0 saturated carbocycles. The highest BCUT2D eigenvalue weighted by atomic mass is 16.6. The van der Waals surface area contributed by atoms with E-state index in [4.69, 9.17) is 14.2 Å². The Morgan fingerprint density at radius 3 is 2.36 bits per heavy atom. The van der Waals surface area contributed by atoms with E-state index in [-0.39, 0.29) is 25.6 Å². The molecule has 0 radical (unpaired) electrons. The van der Waals surface area contributed by atoms with Gasteiger partial charge in [-0.3, -0.25) is 4.79 Å². The smallest absolute Gasteiger partial charge is 0.333 e. The van der Waals surface area contributed by atoms with Crippen LogP contribution >= 0.6 is 0 Å². The first-order valence-electron chi connectivity index (χ1n) is 7.14. The number of carbonyl (C=O) groups excluding carboxylic acids is 2. The minimum absolute atomic E-state index is 0.0662. The predicted molar refractivity (Wildman–Crippen MR) is 82.6 cm³/mol. The number of ether oxygens (including phenoxy) is 3. The normalized spacial score (nSPS) is 11.4. The quantitative estimate of drug-likeness (QED) is 0.546. The van der Waals surface area contributed by atoms with Crippen LogP contribution in [-0.2, 0) is 19.1 Å². The van der Waals surface area contributed by atoms with Gasteiger partial charge in [0, 0.05) is 12.0 Å². The lowest BCUT2D eigenvalue weighted by atomic mass is 10.2. The molecule has 1 unspecified atom stereocenters. The minimum Gasteiger partial charge on any atom is -0.490 e. The molecule has 22 heavy (non-hydrogen) atoms. The summed E-state index contributed by atoms with van der Waals surface area (Å²) >= 11 is 0. The molecule has 0 aromatic heterocycles. The second kappa shape index (κ2) is 8.87. The molecule has 120 valence electrons. The fourth-order valence-electron chi connectivity index (χ4n) is 1.50. The van der Waals surface area contributed by atoms with Crippen LogP contribution in [0.25, 0.3) is 0 Å². The Morgan fingerprint density at radius 1 is 1.18 bits per heavy atom. The number of carbonyl (C=O) groups is 2. The topological polar surface area (TPSA) is 61.8 Å². The monoisotopic (exact) mass is 306 g/mol. The molecule has 0 aliphatic rings. The maximum Gasteiger partial charge on any atom is 0.333 e. The van der Waals surface area contributed by atoms with Crippen LogP contribution in [0.1, 0.15) is 25.8 Å². The molecule has 0 amide bonds. The van der Waals surface area contributed by atoms with E-state index in [1.54, 1.807) is 13.8 Å². The molecule has 0 aliphatic heterocycles. The Kier molecular flexibility index (Phi) is 7.16. The van der Waals surface area contributed by atoms with Crippen LogP contribution in [0.15, 0.2) is 36.4 Å². The third-order valence-electron chi connectivity index (χ3n) is 2.79. The summed E-state index contributed by atoms with van der Waals surface area (Å²) < 4.78 is 15.8. The molecule has 0 fully saturated rings. The molecule has 1 aromatic carbocycles. The lowest BCUT2D eigenvalue weighted by Crippen LogP contribution is -2.30. The van der Waals surface area contributed by atoms with Gasteiger partial charge in [-0.15, -0.1) is 0 Å². The second-order valence-corrected chi connectivity index (χ2v) is 4.97. The highest BCUT2D eigenvalue weighted by Gasteiger charge is 2.17. The van der Waals surface area contributed by atoms with E-state index < -0.39 is 12.1 Å². The van der Waals surface area contributed by atoms with Crippen molar-refractivity contribution in [2.75, 3.05) is 13.2 Å². The van der Waals surface area contributed by atoms with Crippen LogP contribution in [0, 0.1) is 6.92 Å². The van der Waals surface area contributed by atoms with Crippen molar-refractivity contribution in [3.05, 3.63) is 42.0 Å². The van der Waals surface area contributed by atoms with Crippen molar-refractivity contribution in [3.8, 4) is 5.75 Å². The molecule has 0 heterocycles. The fraction of sp³-hybridized carbons (Fsp3) is 0.412. The summed E-state index contributed by atoms with van der Waals surface area (Å²) in [6, 6.07) is 7.49. The minimum atomic E-state index is -0.656. The second-order valence-electron chi connectivity index (χ2n) is 4.97. The molecule has 5 nitrogen and oxygen atoms in total. The highest BCUT2D eigenvalue weighted by Crippen LogP contribution is 2.12. The van der Waals surface area contributed by atoms with E-state index in [0.717, 1.165) is 5.56 Å². The van der Waals surface area contributed by atoms with Gasteiger partial charge in [0.05, 0.1) is 0 Å². The summed E-state index contributed by atoms with van der Waals surface area (Å²) in [6.45, 7) is 8.77. The summed E-state index contributed by atoms with van der Waals surface area (Å²) in [4.78, 5) is 22.8. The van der Waals surface area contributed by atoms with Crippen LogP contribution in [0.5, 0.6) is 5.75 Å². The summed E-state index contributed by atoms with van der Waals surface area (Å²) in [6.07, 6.45) is -0.410. The number of hydrogen-bond donors (Lipinski definition) is 0. The molecular weight excluding hydrogens is 284 g/mol. The van der Waals surface area contributed by atoms with E-state index >= 15 is 0 Å². The van der Waals surface area contributed by atoms with Gasteiger partial charge in [-0.2, -0.15) is 0 Å². The van der Waals surface area contributed by atoms with Crippen LogP contribution in [0.4, 0.5) is 0 Å². The lowest BCUT2D eigenvalue weighted by Gasteiger charge is -2.18. The molecule has 5 heteroatoms. The van der Waals surface area contributed by atoms with Crippen molar-refractivity contribution < 1.29 is 23.8 Å². The average molecular weight is 306 g/mol. The van der Waals surface area contributed by atoms with Gasteiger partial charge in [-0.25, -0.2) is 4.79 Å². The van der Waals surface area contributed by atoms with Crippen LogP contribution < -0.4 is 4.74 Å². The maximum atomic E-state index is 11.4. The lowest BCUT2D eigenvalue weighted by molar-refractivity contribution is -0.158. The Hall–Kier alpha value is -2.30. The van der Waals surface area contributed by atoms with Gasteiger partial charge >= 0.3 is 11.9 Å². The van der Waals surface area contributed by atoms with Crippen molar-refractivity contribution >= 4 is 11.9 Å². The molecular formula is C17H22O5. The van der Waals surface area contributed by atoms with Crippen LogP contribution in [-0.4, -0.2) is 31.3 Å². The molecule has 1 atom stereocenters. The zero-order valence-electron chi connectivity index (χ0n) is 13.3. The van der Waals surface area contributed by atoms with Crippen molar-refractivity contribution in [2.45, 2.75) is 33.3 Å². The molecule has 0 spiro atoms. The summed E-state index contributed by atoms with van der Waals surface area (Å²) in [5.74, 6) is -0.230. The fourth-order valence-corrected chi connectivity index (χ4v) is 1.50. The van der Waals surface area contributed by atoms with Gasteiger partial charge in [0.25, 0.3) is 0 Å². The number of benzene rings is 1. The molecule has 1 aromatic rings. The summed E-state index contributed by atoms with van der Waals surface area (Å²) in [7, 11) is 0. The van der Waals surface area contributed by atoms with E-state index in [9.17, 15) is 9.59 Å². The van der Waals surface area contributed by atoms with Gasteiger partial charge in [-0.1, -0.05) is 31.2 Å². The summed E-state index contributed by atoms with van der Waals surface area (Å²) in [5, 5.41) is 0. The third kappa shape index (κ3) is 6.43. The number of esters is 2. The zero-order valence-corrected chi connectivity index (χ0v) is 13.3. The number of hydrogen-bond acceptors (Lipinski definition) is 5. The predicted octanol–water partition coefficient (Wildman–Crippen LogP) is 2.81. The Bertz CT molecular complexity index is 518. The largest absolute Gasteiger partial charge is 0.490 e. The number of rotatable bonds is 8. The van der Waals surface area contributed by atoms with Gasteiger partial charge in [0.1, 0.15) is 19.0 Å². The van der Waals surface area contributed by atoms with Crippen molar-refractivity contribution in [2.24, 2.45) is 0 Å². The van der Waals surface area contributed by atoms with E-state index in [2.05, 4.69) is 6.58 Å². The van der Waals surface area contributed by atoms with Gasteiger partial charge < -0.3 is 14.2 Å². The van der Waals surface area contributed by atoms with Crippen LogP contribution in [0.2, 0.25) is 0 Å². The molecule has 1 rings (SSSR count). The van der Waals surface area contributed by atoms with Gasteiger partial charge in [0.15, 0.2) is 6.10 Å². The molecule has 0 N–H and O–H groups in total. The average Bonchev–Trinajstić information content (AvgIpc) is 2.50. The number of aryl methyl sites for hydroxylation is 1. The first-order valence-corrected chi connectivity index (χ1v) is 7.14. The van der Waals surface area contributed by atoms with Crippen molar-refractivity contribution in [1.29, 1.82) is 0 Å². The molecule has 0 saturated heterocycles. The van der Waals surface area contributed by atoms with Crippen molar-refractivity contribution in [3.63, 3.8) is 0 Å². The Balaban J connectivity index is 2.56. The Labute approximate surface area is 130 Å². The van der Waals surface area contributed by atoms with Gasteiger partial charge in [0.2, 0.25) is 0 Å². The zero-order chi connectivity index (χ0) is 16.5. The molecule has 0 bridgehead atoms.